The molecule has 0 N–H and O–H groups in total. The zero-order valence-corrected chi connectivity index (χ0v) is 13.8. The average Bonchev–Trinajstić information content (AvgIpc) is 2.94. The molecule has 0 radical (unpaired) electrons. The van der Waals surface area contributed by atoms with Gasteiger partial charge in [-0.05, 0) is 23.6 Å². The van der Waals surface area contributed by atoms with Crippen LogP contribution in [0.5, 0.6) is 0 Å². The summed E-state index contributed by atoms with van der Waals surface area (Å²) in [6, 6.07) is 6.61. The number of aromatic nitrogens is 2. The minimum absolute atomic E-state index is 0.00539. The number of rotatable bonds is 5. The van der Waals surface area contributed by atoms with Gasteiger partial charge < -0.3 is 9.30 Å². The van der Waals surface area contributed by atoms with E-state index in [-0.39, 0.29) is 11.9 Å². The third kappa shape index (κ3) is 4.18. The van der Waals surface area contributed by atoms with Gasteiger partial charge in [-0.25, -0.2) is 9.37 Å². The SMILES string of the molecule is CC(C)Cn1cncc1CN1CCOC(c2ccc(F)cc2)C1. The second-order valence-corrected chi connectivity index (χ2v) is 6.58. The molecule has 1 saturated heterocycles. The van der Waals surface area contributed by atoms with Crippen LogP contribution < -0.4 is 0 Å². The van der Waals surface area contributed by atoms with E-state index >= 15 is 0 Å². The molecule has 1 aliphatic heterocycles. The number of hydrogen-bond donors (Lipinski definition) is 0. The van der Waals surface area contributed by atoms with Gasteiger partial charge in [0.15, 0.2) is 0 Å². The third-order valence-electron chi connectivity index (χ3n) is 4.14. The van der Waals surface area contributed by atoms with E-state index < -0.39 is 0 Å². The van der Waals surface area contributed by atoms with Crippen molar-refractivity contribution in [1.82, 2.24) is 14.5 Å². The lowest BCUT2D eigenvalue weighted by Gasteiger charge is -2.33. The lowest BCUT2D eigenvalue weighted by atomic mass is 10.1. The van der Waals surface area contributed by atoms with Crippen LogP contribution in [0.25, 0.3) is 0 Å². The normalized spacial score (nSPS) is 19.4. The number of halogens is 1. The summed E-state index contributed by atoms with van der Waals surface area (Å²) >= 11 is 0. The van der Waals surface area contributed by atoms with Crippen molar-refractivity contribution in [2.24, 2.45) is 5.92 Å². The molecule has 2 aromatic rings. The minimum atomic E-state index is -0.209. The van der Waals surface area contributed by atoms with Gasteiger partial charge in [-0.15, -0.1) is 0 Å². The van der Waals surface area contributed by atoms with Crippen LogP contribution in [0.15, 0.2) is 36.8 Å². The van der Waals surface area contributed by atoms with Gasteiger partial charge in [0.2, 0.25) is 0 Å². The first-order chi connectivity index (χ1) is 11.1. The number of ether oxygens (including phenoxy) is 1. The third-order valence-corrected chi connectivity index (χ3v) is 4.14. The molecule has 1 aromatic carbocycles. The lowest BCUT2D eigenvalue weighted by Crippen LogP contribution is -2.38. The predicted octanol–water partition coefficient (Wildman–Crippen LogP) is 3.25. The summed E-state index contributed by atoms with van der Waals surface area (Å²) in [4.78, 5) is 6.67. The molecular weight excluding hydrogens is 293 g/mol. The van der Waals surface area contributed by atoms with Gasteiger partial charge in [-0.3, -0.25) is 4.90 Å². The maximum atomic E-state index is 13.1. The van der Waals surface area contributed by atoms with Crippen molar-refractivity contribution in [3.63, 3.8) is 0 Å². The van der Waals surface area contributed by atoms with Crippen molar-refractivity contribution in [2.75, 3.05) is 19.7 Å². The molecule has 0 amide bonds. The Labute approximate surface area is 136 Å². The quantitative estimate of drug-likeness (QED) is 0.848. The highest BCUT2D eigenvalue weighted by Gasteiger charge is 2.23. The van der Waals surface area contributed by atoms with Crippen molar-refractivity contribution >= 4 is 0 Å². The number of benzene rings is 1. The number of morpholine rings is 1. The first-order valence-corrected chi connectivity index (χ1v) is 8.20. The van der Waals surface area contributed by atoms with Gasteiger partial charge in [0.25, 0.3) is 0 Å². The second-order valence-electron chi connectivity index (χ2n) is 6.58. The van der Waals surface area contributed by atoms with Crippen LogP contribution >= 0.6 is 0 Å². The van der Waals surface area contributed by atoms with E-state index in [2.05, 4.69) is 28.3 Å². The number of hydrogen-bond acceptors (Lipinski definition) is 3. The number of nitrogens with zero attached hydrogens (tertiary/aromatic N) is 3. The van der Waals surface area contributed by atoms with Gasteiger partial charge in [-0.1, -0.05) is 26.0 Å². The molecule has 0 aliphatic carbocycles. The summed E-state index contributed by atoms with van der Waals surface area (Å²) in [5, 5.41) is 0. The van der Waals surface area contributed by atoms with Crippen molar-refractivity contribution < 1.29 is 9.13 Å². The van der Waals surface area contributed by atoms with Crippen LogP contribution in [-0.2, 0) is 17.8 Å². The van der Waals surface area contributed by atoms with E-state index in [1.54, 1.807) is 0 Å². The van der Waals surface area contributed by atoms with Crippen molar-refractivity contribution in [3.05, 3.63) is 53.9 Å². The monoisotopic (exact) mass is 317 g/mol. The van der Waals surface area contributed by atoms with Crippen LogP contribution in [0.2, 0.25) is 0 Å². The van der Waals surface area contributed by atoms with E-state index in [9.17, 15) is 4.39 Å². The molecule has 1 aliphatic rings. The van der Waals surface area contributed by atoms with Gasteiger partial charge in [-0.2, -0.15) is 0 Å². The average molecular weight is 317 g/mol. The van der Waals surface area contributed by atoms with E-state index in [0.29, 0.717) is 12.5 Å². The highest BCUT2D eigenvalue weighted by atomic mass is 19.1. The summed E-state index contributed by atoms with van der Waals surface area (Å²) in [5.74, 6) is 0.388. The Balaban J connectivity index is 1.65. The molecule has 23 heavy (non-hydrogen) atoms. The fourth-order valence-electron chi connectivity index (χ4n) is 2.99. The van der Waals surface area contributed by atoms with Crippen LogP contribution in [-0.4, -0.2) is 34.1 Å². The fourth-order valence-corrected chi connectivity index (χ4v) is 2.99. The highest BCUT2D eigenvalue weighted by molar-refractivity contribution is 5.19. The van der Waals surface area contributed by atoms with Crippen molar-refractivity contribution in [1.29, 1.82) is 0 Å². The summed E-state index contributed by atoms with van der Waals surface area (Å²) in [6.45, 7) is 8.70. The molecule has 0 saturated carbocycles. The van der Waals surface area contributed by atoms with Gasteiger partial charge >= 0.3 is 0 Å². The highest BCUT2D eigenvalue weighted by Crippen LogP contribution is 2.23. The largest absolute Gasteiger partial charge is 0.371 e. The van der Waals surface area contributed by atoms with Gasteiger partial charge in [0, 0.05) is 32.4 Å². The maximum Gasteiger partial charge on any atom is 0.123 e. The van der Waals surface area contributed by atoms with E-state index in [1.807, 2.05) is 24.7 Å². The summed E-state index contributed by atoms with van der Waals surface area (Å²) < 4.78 is 21.2. The Morgan fingerprint density at radius 1 is 1.30 bits per heavy atom. The van der Waals surface area contributed by atoms with E-state index in [4.69, 9.17) is 4.74 Å². The molecule has 0 bridgehead atoms. The Kier molecular flexibility index (Phi) is 5.08. The molecule has 0 spiro atoms. The molecular formula is C18H24FN3O. The van der Waals surface area contributed by atoms with Crippen LogP contribution in [0.4, 0.5) is 4.39 Å². The molecule has 1 fully saturated rings. The summed E-state index contributed by atoms with van der Waals surface area (Å²) in [5.41, 5.74) is 2.27. The molecule has 5 heteroatoms. The summed E-state index contributed by atoms with van der Waals surface area (Å²) in [6.07, 6.45) is 3.86. The van der Waals surface area contributed by atoms with Crippen LogP contribution in [0.3, 0.4) is 0 Å². The molecule has 1 atom stereocenters. The maximum absolute atomic E-state index is 13.1. The van der Waals surface area contributed by atoms with Crippen molar-refractivity contribution in [2.45, 2.75) is 33.0 Å². The Bertz CT molecular complexity index is 623. The standard InChI is InChI=1S/C18H24FN3O/c1-14(2)10-22-13-20-9-17(22)11-21-7-8-23-18(12-21)15-3-5-16(19)6-4-15/h3-6,9,13-14,18H,7-8,10-12H2,1-2H3. The summed E-state index contributed by atoms with van der Waals surface area (Å²) in [7, 11) is 0. The lowest BCUT2D eigenvalue weighted by molar-refractivity contribution is -0.0336. The molecule has 1 unspecified atom stereocenters. The minimum Gasteiger partial charge on any atom is -0.371 e. The topological polar surface area (TPSA) is 30.3 Å². The zero-order valence-electron chi connectivity index (χ0n) is 13.8. The molecule has 3 rings (SSSR count). The molecule has 1 aromatic heterocycles. The van der Waals surface area contributed by atoms with Crippen LogP contribution in [0.1, 0.15) is 31.2 Å². The number of imidazole rings is 1. The first kappa shape index (κ1) is 16.1. The molecule has 2 heterocycles. The molecule has 4 nitrogen and oxygen atoms in total. The van der Waals surface area contributed by atoms with Gasteiger partial charge in [0.05, 0.1) is 24.7 Å². The molecule has 124 valence electrons. The van der Waals surface area contributed by atoms with Crippen molar-refractivity contribution in [3.8, 4) is 0 Å². The van der Waals surface area contributed by atoms with Gasteiger partial charge in [0.1, 0.15) is 5.82 Å². The first-order valence-electron chi connectivity index (χ1n) is 8.20. The Morgan fingerprint density at radius 3 is 2.83 bits per heavy atom. The van der Waals surface area contributed by atoms with Crippen LogP contribution in [0, 0.1) is 11.7 Å². The van der Waals surface area contributed by atoms with E-state index in [1.165, 1.54) is 17.8 Å². The predicted molar refractivity (Wildman–Crippen MR) is 87.4 cm³/mol. The fraction of sp³-hybridized carbons (Fsp3) is 0.500. The Morgan fingerprint density at radius 2 is 2.09 bits per heavy atom. The second kappa shape index (κ2) is 7.23. The van der Waals surface area contributed by atoms with E-state index in [0.717, 1.165) is 31.7 Å². The Hall–Kier alpha value is -1.72. The zero-order chi connectivity index (χ0) is 16.2. The smallest absolute Gasteiger partial charge is 0.123 e.